The van der Waals surface area contributed by atoms with Crippen LogP contribution in [0.25, 0.3) is 0 Å². The lowest BCUT2D eigenvalue weighted by atomic mass is 10.2. The first-order chi connectivity index (χ1) is 11.2. The normalized spacial score (nSPS) is 10.8. The van der Waals surface area contributed by atoms with Crippen LogP contribution < -0.4 is 15.1 Å². The van der Waals surface area contributed by atoms with Crippen molar-refractivity contribution >= 4 is 18.8 Å². The summed E-state index contributed by atoms with van der Waals surface area (Å²) < 4.78 is 6.54. The molecular formula is C21H21OP. The third kappa shape index (κ3) is 3.46. The van der Waals surface area contributed by atoms with Crippen LogP contribution in [0.5, 0.6) is 5.75 Å². The fourth-order valence-corrected chi connectivity index (χ4v) is 4.66. The van der Waals surface area contributed by atoms with Crippen molar-refractivity contribution in [3.8, 4) is 5.75 Å². The Labute approximate surface area is 139 Å². The lowest BCUT2D eigenvalue weighted by Crippen LogP contribution is -2.20. The van der Waals surface area contributed by atoms with Crippen LogP contribution >= 0.6 is 8.15 Å². The van der Waals surface area contributed by atoms with Crippen molar-refractivity contribution in [2.24, 2.45) is 0 Å². The Bertz CT molecular complexity index is 765. The third-order valence-corrected chi connectivity index (χ3v) is 6.21. The van der Waals surface area contributed by atoms with Gasteiger partial charge in [-0.25, -0.2) is 0 Å². The van der Waals surface area contributed by atoms with Crippen LogP contribution in [0.4, 0.5) is 0 Å². The average molecular weight is 320 g/mol. The van der Waals surface area contributed by atoms with Gasteiger partial charge < -0.3 is 4.52 Å². The van der Waals surface area contributed by atoms with E-state index < -0.39 is 8.15 Å². The first kappa shape index (κ1) is 15.8. The molecule has 0 aliphatic heterocycles. The van der Waals surface area contributed by atoms with Gasteiger partial charge in [-0.15, -0.1) is 0 Å². The minimum absolute atomic E-state index is 0.885. The summed E-state index contributed by atoms with van der Waals surface area (Å²) in [5, 5.41) is 2.56. The highest BCUT2D eigenvalue weighted by Crippen LogP contribution is 2.39. The van der Waals surface area contributed by atoms with Crippen molar-refractivity contribution < 1.29 is 4.52 Å². The van der Waals surface area contributed by atoms with Gasteiger partial charge in [-0.05, 0) is 43.5 Å². The van der Waals surface area contributed by atoms with Crippen molar-refractivity contribution in [3.05, 3.63) is 89.5 Å². The van der Waals surface area contributed by atoms with E-state index >= 15 is 0 Å². The van der Waals surface area contributed by atoms with Gasteiger partial charge in [0.05, 0.1) is 0 Å². The highest BCUT2D eigenvalue weighted by atomic mass is 31.1. The predicted molar refractivity (Wildman–Crippen MR) is 100 cm³/mol. The smallest absolute Gasteiger partial charge is 0.151 e. The monoisotopic (exact) mass is 320 g/mol. The fourth-order valence-electron chi connectivity index (χ4n) is 2.57. The van der Waals surface area contributed by atoms with E-state index in [0.29, 0.717) is 0 Å². The van der Waals surface area contributed by atoms with Crippen molar-refractivity contribution in [2.45, 2.75) is 20.8 Å². The molecule has 3 aromatic carbocycles. The summed E-state index contributed by atoms with van der Waals surface area (Å²) >= 11 is 0. The van der Waals surface area contributed by atoms with Gasteiger partial charge in [0, 0.05) is 10.6 Å². The topological polar surface area (TPSA) is 9.23 Å². The number of rotatable bonds is 4. The molecule has 2 heteroatoms. The first-order valence-electron chi connectivity index (χ1n) is 7.82. The van der Waals surface area contributed by atoms with E-state index in [1.807, 2.05) is 12.1 Å². The summed E-state index contributed by atoms with van der Waals surface area (Å²) in [6.45, 7) is 6.41. The van der Waals surface area contributed by atoms with Gasteiger partial charge in [0.2, 0.25) is 0 Å². The molecule has 3 rings (SSSR count). The molecule has 3 aromatic rings. The minimum Gasteiger partial charge on any atom is -0.464 e. The number of para-hydroxylation sites is 1. The van der Waals surface area contributed by atoms with Crippen LogP contribution in [0.1, 0.15) is 16.7 Å². The molecule has 0 bridgehead atoms. The molecule has 0 radical (unpaired) electrons. The van der Waals surface area contributed by atoms with E-state index in [0.717, 1.165) is 5.75 Å². The van der Waals surface area contributed by atoms with Gasteiger partial charge in [-0.1, -0.05) is 66.7 Å². The second kappa shape index (κ2) is 6.98. The average Bonchev–Trinajstić information content (AvgIpc) is 2.56. The van der Waals surface area contributed by atoms with Crippen LogP contribution in [0, 0.1) is 20.8 Å². The molecular weight excluding hydrogens is 299 g/mol. The maximum atomic E-state index is 6.54. The molecule has 0 aromatic heterocycles. The summed E-state index contributed by atoms with van der Waals surface area (Å²) in [6.07, 6.45) is 0. The Morgan fingerprint density at radius 2 is 1.00 bits per heavy atom. The molecule has 0 heterocycles. The van der Waals surface area contributed by atoms with Gasteiger partial charge in [-0.2, -0.15) is 0 Å². The highest BCUT2D eigenvalue weighted by Gasteiger charge is 2.21. The van der Waals surface area contributed by atoms with E-state index in [2.05, 4.69) is 81.4 Å². The highest BCUT2D eigenvalue weighted by molar-refractivity contribution is 7.69. The summed E-state index contributed by atoms with van der Waals surface area (Å²) in [7, 11) is -0.885. The van der Waals surface area contributed by atoms with E-state index in [-0.39, 0.29) is 0 Å². The zero-order valence-corrected chi connectivity index (χ0v) is 14.7. The largest absolute Gasteiger partial charge is 0.464 e. The maximum absolute atomic E-state index is 6.54. The van der Waals surface area contributed by atoms with Crippen LogP contribution in [0.15, 0.2) is 72.8 Å². The van der Waals surface area contributed by atoms with E-state index in [1.165, 1.54) is 27.3 Å². The van der Waals surface area contributed by atoms with Crippen LogP contribution in [0.2, 0.25) is 0 Å². The molecule has 0 saturated carbocycles. The number of aryl methyl sites for hydroxylation is 3. The number of hydrogen-bond acceptors (Lipinski definition) is 1. The molecule has 0 fully saturated rings. The summed E-state index contributed by atoms with van der Waals surface area (Å²) in [4.78, 5) is 0. The van der Waals surface area contributed by atoms with Crippen molar-refractivity contribution in [1.82, 2.24) is 0 Å². The molecule has 0 aliphatic rings. The van der Waals surface area contributed by atoms with Crippen molar-refractivity contribution in [1.29, 1.82) is 0 Å². The van der Waals surface area contributed by atoms with Gasteiger partial charge in [0.1, 0.15) is 5.75 Å². The van der Waals surface area contributed by atoms with Gasteiger partial charge in [0.15, 0.2) is 8.15 Å². The molecule has 0 N–H and O–H groups in total. The zero-order valence-electron chi connectivity index (χ0n) is 13.8. The third-order valence-electron chi connectivity index (χ3n) is 3.95. The minimum atomic E-state index is -0.885. The Morgan fingerprint density at radius 3 is 1.48 bits per heavy atom. The summed E-state index contributed by atoms with van der Waals surface area (Å²) in [5.74, 6) is 0.963. The molecule has 0 amide bonds. The molecule has 0 atom stereocenters. The van der Waals surface area contributed by atoms with Crippen LogP contribution in [-0.4, -0.2) is 0 Å². The van der Waals surface area contributed by atoms with Crippen molar-refractivity contribution in [3.63, 3.8) is 0 Å². The second-order valence-electron chi connectivity index (χ2n) is 5.72. The van der Waals surface area contributed by atoms with E-state index in [4.69, 9.17) is 4.52 Å². The molecule has 0 saturated heterocycles. The Hall–Kier alpha value is -2.11. The second-order valence-corrected chi connectivity index (χ2v) is 7.46. The molecule has 0 unspecified atom stereocenters. The van der Waals surface area contributed by atoms with Crippen molar-refractivity contribution in [2.75, 3.05) is 0 Å². The zero-order chi connectivity index (χ0) is 16.2. The number of benzene rings is 3. The molecule has 0 spiro atoms. The maximum Gasteiger partial charge on any atom is 0.151 e. The van der Waals surface area contributed by atoms with Gasteiger partial charge in [-0.3, -0.25) is 0 Å². The van der Waals surface area contributed by atoms with E-state index in [1.54, 1.807) is 0 Å². The summed E-state index contributed by atoms with van der Waals surface area (Å²) in [6, 6.07) is 25.3. The Kier molecular flexibility index (Phi) is 4.79. The van der Waals surface area contributed by atoms with Gasteiger partial charge in [0.25, 0.3) is 0 Å². The number of hydrogen-bond donors (Lipinski definition) is 0. The molecule has 116 valence electrons. The standard InChI is InChI=1S/C21H21OP/c1-16-10-4-7-13-19(16)22-23(20-14-8-5-11-17(20)2)21-15-9-6-12-18(21)3/h4-15H,1-3H3. The fraction of sp³-hybridized carbons (Fsp3) is 0.143. The quantitative estimate of drug-likeness (QED) is 0.612. The van der Waals surface area contributed by atoms with Crippen LogP contribution in [-0.2, 0) is 0 Å². The summed E-state index contributed by atoms with van der Waals surface area (Å²) in [5.41, 5.74) is 3.72. The Balaban J connectivity index is 2.10. The lowest BCUT2D eigenvalue weighted by Gasteiger charge is -2.23. The van der Waals surface area contributed by atoms with E-state index in [9.17, 15) is 0 Å². The van der Waals surface area contributed by atoms with Gasteiger partial charge >= 0.3 is 0 Å². The first-order valence-corrected chi connectivity index (χ1v) is 9.08. The van der Waals surface area contributed by atoms with Crippen LogP contribution in [0.3, 0.4) is 0 Å². The molecule has 0 aliphatic carbocycles. The molecule has 23 heavy (non-hydrogen) atoms. The Morgan fingerprint density at radius 1 is 0.565 bits per heavy atom. The lowest BCUT2D eigenvalue weighted by molar-refractivity contribution is 0.623. The predicted octanol–water partition coefficient (Wildman–Crippen LogP) is 5.04. The molecule has 1 nitrogen and oxygen atoms in total. The SMILES string of the molecule is Cc1ccccc1OP(c1ccccc1C)c1ccccc1C.